The summed E-state index contributed by atoms with van der Waals surface area (Å²) in [6, 6.07) is 7.82. The maximum Gasteiger partial charge on any atom is 0.512 e. The van der Waals surface area contributed by atoms with Gasteiger partial charge in [0, 0.05) is 44.8 Å². The number of hydrogen-bond acceptors (Lipinski definition) is 7. The Bertz CT molecular complexity index is 1110. The van der Waals surface area contributed by atoms with Gasteiger partial charge < -0.3 is 25.4 Å². The highest BCUT2D eigenvalue weighted by Gasteiger charge is 2.47. The van der Waals surface area contributed by atoms with Crippen LogP contribution in [0.4, 0.5) is 18.4 Å². The van der Waals surface area contributed by atoms with Crippen molar-refractivity contribution in [3.05, 3.63) is 47.9 Å². The molecule has 1 saturated carbocycles. The number of piperidine rings is 1. The molecule has 11 nitrogen and oxygen atoms in total. The van der Waals surface area contributed by atoms with Gasteiger partial charge in [0.05, 0.1) is 6.07 Å². The molecule has 0 radical (unpaired) electrons. The smallest absolute Gasteiger partial charge is 0.449 e. The first-order valence-corrected chi connectivity index (χ1v) is 11.8. The molecule has 198 valence electrons. The van der Waals surface area contributed by atoms with Gasteiger partial charge in [-0.15, -0.1) is 0 Å². The van der Waals surface area contributed by atoms with Gasteiger partial charge in [0.1, 0.15) is 17.2 Å². The summed E-state index contributed by atoms with van der Waals surface area (Å²) in [6.07, 6.45) is -0.191. The Balaban J connectivity index is 1.40. The van der Waals surface area contributed by atoms with E-state index in [9.17, 15) is 28.4 Å². The topological polar surface area (TPSA) is 153 Å². The SMILES string of the molecule is N#CC1(NC(=O)[C@H](CC(F)(F)Cc2ccccc2)NC(=O)N2CCC3(C=C(OC(=O)O)NO3)CC2)CC1. The number of carboxylic acid groups (broad SMARTS) is 1. The van der Waals surface area contributed by atoms with Crippen molar-refractivity contribution in [1.29, 1.82) is 5.26 Å². The number of likely N-dealkylation sites (tertiary alicyclic amines) is 1. The molecule has 2 fully saturated rings. The lowest BCUT2D eigenvalue weighted by molar-refractivity contribution is -0.126. The van der Waals surface area contributed by atoms with Crippen molar-refractivity contribution in [3.8, 4) is 6.07 Å². The number of nitrogens with one attached hydrogen (secondary N) is 3. The number of ether oxygens (including phenoxy) is 1. The highest BCUT2D eigenvalue weighted by atomic mass is 19.3. The van der Waals surface area contributed by atoms with E-state index in [1.54, 1.807) is 30.3 Å². The number of amides is 3. The lowest BCUT2D eigenvalue weighted by atomic mass is 9.91. The zero-order valence-electron chi connectivity index (χ0n) is 19.8. The van der Waals surface area contributed by atoms with Crippen molar-refractivity contribution in [2.75, 3.05) is 13.1 Å². The van der Waals surface area contributed by atoms with Gasteiger partial charge in [-0.3, -0.25) is 9.63 Å². The van der Waals surface area contributed by atoms with Crippen LogP contribution >= 0.6 is 0 Å². The summed E-state index contributed by atoms with van der Waals surface area (Å²) in [5.41, 5.74) is 0.818. The Kier molecular flexibility index (Phi) is 7.22. The third-order valence-electron chi connectivity index (χ3n) is 6.59. The average Bonchev–Trinajstić information content (AvgIpc) is 3.52. The summed E-state index contributed by atoms with van der Waals surface area (Å²) in [7, 11) is 0. The van der Waals surface area contributed by atoms with E-state index in [0.29, 0.717) is 18.4 Å². The maximum absolute atomic E-state index is 15.0. The van der Waals surface area contributed by atoms with Crippen LogP contribution in [0.15, 0.2) is 42.3 Å². The van der Waals surface area contributed by atoms with Gasteiger partial charge in [-0.05, 0) is 18.4 Å². The molecule has 1 spiro atoms. The minimum atomic E-state index is -3.30. The van der Waals surface area contributed by atoms with Crippen LogP contribution in [-0.2, 0) is 20.8 Å². The van der Waals surface area contributed by atoms with Crippen LogP contribution in [0.5, 0.6) is 0 Å². The number of nitrogens with zero attached hydrogens (tertiary/aromatic N) is 2. The number of alkyl halides is 2. The minimum absolute atomic E-state index is 0.0747. The molecule has 0 unspecified atom stereocenters. The van der Waals surface area contributed by atoms with Crippen LogP contribution in [0.3, 0.4) is 0 Å². The van der Waals surface area contributed by atoms with Crippen LogP contribution < -0.4 is 16.1 Å². The van der Waals surface area contributed by atoms with Gasteiger partial charge in [-0.1, -0.05) is 30.3 Å². The molecule has 2 heterocycles. The number of hydroxylamine groups is 1. The lowest BCUT2D eigenvalue weighted by Gasteiger charge is -2.37. The van der Waals surface area contributed by atoms with Gasteiger partial charge in [-0.25, -0.2) is 23.9 Å². The number of carbonyl (C=O) groups excluding carboxylic acids is 2. The molecule has 3 amide bonds. The summed E-state index contributed by atoms with van der Waals surface area (Å²) in [5, 5.41) is 23.0. The fraction of sp³-hybridized carbons (Fsp3) is 0.500. The van der Waals surface area contributed by atoms with Gasteiger partial charge in [0.2, 0.25) is 11.8 Å². The fourth-order valence-electron chi connectivity index (χ4n) is 4.36. The number of benzene rings is 1. The monoisotopic (exact) mass is 519 g/mol. The van der Waals surface area contributed by atoms with Crippen LogP contribution in [0.1, 0.15) is 37.7 Å². The summed E-state index contributed by atoms with van der Waals surface area (Å²) in [5.74, 6) is -4.22. The normalized spacial score (nSPS) is 20.1. The summed E-state index contributed by atoms with van der Waals surface area (Å²) < 4.78 is 34.5. The number of carbonyl (C=O) groups is 3. The number of hydrogen-bond donors (Lipinski definition) is 4. The van der Waals surface area contributed by atoms with Crippen molar-refractivity contribution in [3.63, 3.8) is 0 Å². The first-order chi connectivity index (χ1) is 17.5. The van der Waals surface area contributed by atoms with Crippen LogP contribution in [0, 0.1) is 11.3 Å². The highest BCUT2D eigenvalue weighted by Crippen LogP contribution is 2.35. The van der Waals surface area contributed by atoms with Crippen molar-refractivity contribution in [1.82, 2.24) is 21.0 Å². The standard InChI is InChI=1S/C24H27F2N5O6/c25-24(26,12-16-4-2-1-3-5-16)13-17(19(32)29-22(15-27)6-7-22)28-20(33)31-10-8-23(9-11-31)14-18(30-37-23)36-21(34)35/h1-5,14,17,30H,6-13H2,(H,28,33)(H,29,32)(H,34,35)/t17-/m0/s1. The van der Waals surface area contributed by atoms with E-state index in [-0.39, 0.29) is 31.8 Å². The summed E-state index contributed by atoms with van der Waals surface area (Å²) in [6.45, 7) is 0.308. The Hall–Kier alpha value is -3.92. The zero-order chi connectivity index (χ0) is 26.7. The van der Waals surface area contributed by atoms with E-state index in [1.807, 2.05) is 6.07 Å². The molecule has 4 rings (SSSR count). The predicted octanol–water partition coefficient (Wildman–Crippen LogP) is 2.41. The molecule has 1 aromatic carbocycles. The largest absolute Gasteiger partial charge is 0.512 e. The fourth-order valence-corrected chi connectivity index (χ4v) is 4.36. The number of urea groups is 1. The molecule has 4 N–H and O–H groups in total. The molecule has 1 aromatic rings. The van der Waals surface area contributed by atoms with Crippen molar-refractivity contribution in [2.24, 2.45) is 0 Å². The second kappa shape index (κ2) is 10.2. The lowest BCUT2D eigenvalue weighted by Crippen LogP contribution is -2.57. The van der Waals surface area contributed by atoms with Crippen LogP contribution in [-0.4, -0.2) is 64.3 Å². The quantitative estimate of drug-likeness (QED) is 0.382. The third kappa shape index (κ3) is 6.65. The molecule has 1 atom stereocenters. The number of halogens is 2. The van der Waals surface area contributed by atoms with Gasteiger partial charge in [0.15, 0.2) is 0 Å². The predicted molar refractivity (Wildman–Crippen MR) is 123 cm³/mol. The van der Waals surface area contributed by atoms with Crippen molar-refractivity contribution in [2.45, 2.75) is 61.6 Å². The van der Waals surface area contributed by atoms with E-state index >= 15 is 0 Å². The molecule has 2 aliphatic heterocycles. The number of rotatable bonds is 8. The Labute approximate surface area is 211 Å². The van der Waals surface area contributed by atoms with Crippen molar-refractivity contribution >= 4 is 18.1 Å². The maximum atomic E-state index is 15.0. The second-order valence-corrected chi connectivity index (χ2v) is 9.54. The molecule has 0 aromatic heterocycles. The first kappa shape index (κ1) is 26.2. The van der Waals surface area contributed by atoms with Crippen molar-refractivity contribution < 1.29 is 37.8 Å². The second-order valence-electron chi connectivity index (χ2n) is 9.54. The van der Waals surface area contributed by atoms with E-state index in [0.717, 1.165) is 0 Å². The van der Waals surface area contributed by atoms with Crippen LogP contribution in [0.25, 0.3) is 0 Å². The molecule has 13 heteroatoms. The van der Waals surface area contributed by atoms with E-state index in [1.165, 1.54) is 11.0 Å². The van der Waals surface area contributed by atoms with E-state index in [4.69, 9.17) is 9.94 Å². The summed E-state index contributed by atoms with van der Waals surface area (Å²) >= 11 is 0. The molecular formula is C24H27F2N5O6. The molecule has 0 bridgehead atoms. The van der Waals surface area contributed by atoms with E-state index < -0.39 is 54.0 Å². The van der Waals surface area contributed by atoms with Gasteiger partial charge >= 0.3 is 12.2 Å². The molecular weight excluding hydrogens is 492 g/mol. The zero-order valence-corrected chi connectivity index (χ0v) is 19.8. The Morgan fingerprint density at radius 2 is 1.89 bits per heavy atom. The molecule has 1 aliphatic carbocycles. The highest BCUT2D eigenvalue weighted by molar-refractivity contribution is 5.88. The Morgan fingerprint density at radius 1 is 1.22 bits per heavy atom. The number of nitriles is 1. The molecule has 37 heavy (non-hydrogen) atoms. The van der Waals surface area contributed by atoms with Crippen LogP contribution in [0.2, 0.25) is 0 Å². The first-order valence-electron chi connectivity index (χ1n) is 11.8. The third-order valence-corrected chi connectivity index (χ3v) is 6.59. The van der Waals surface area contributed by atoms with Gasteiger partial charge in [-0.2, -0.15) is 5.26 Å². The summed E-state index contributed by atoms with van der Waals surface area (Å²) in [4.78, 5) is 43.4. The Morgan fingerprint density at radius 3 is 2.49 bits per heavy atom. The van der Waals surface area contributed by atoms with E-state index in [2.05, 4.69) is 20.9 Å². The molecule has 1 saturated heterocycles. The van der Waals surface area contributed by atoms with Gasteiger partial charge in [0.25, 0.3) is 5.92 Å². The molecule has 3 aliphatic rings. The average molecular weight is 520 g/mol. The minimum Gasteiger partial charge on any atom is -0.449 e.